The molecule has 0 aromatic carbocycles. The van der Waals surface area contributed by atoms with E-state index in [1.807, 2.05) is 0 Å². The van der Waals surface area contributed by atoms with Crippen molar-refractivity contribution in [3.8, 4) is 11.4 Å². The number of rotatable bonds is 1. The molecule has 0 radical (unpaired) electrons. The van der Waals surface area contributed by atoms with Gasteiger partial charge in [-0.3, -0.25) is 0 Å². The molecule has 2 rings (SSSR count). The average molecular weight is 339 g/mol. The van der Waals surface area contributed by atoms with E-state index in [0.29, 0.717) is 11.4 Å². The van der Waals surface area contributed by atoms with Gasteiger partial charge in [-0.15, -0.1) is 0 Å². The van der Waals surface area contributed by atoms with Crippen LogP contribution in [0, 0.1) is 3.57 Å². The van der Waals surface area contributed by atoms with Crippen molar-refractivity contribution in [3.63, 3.8) is 0 Å². The van der Waals surface area contributed by atoms with Crippen molar-refractivity contribution in [1.29, 1.82) is 0 Å². The lowest BCUT2D eigenvalue weighted by molar-refractivity contribution is -0.141. The van der Waals surface area contributed by atoms with Gasteiger partial charge in [0.2, 0.25) is 0 Å². The van der Waals surface area contributed by atoms with Crippen LogP contribution in [0.3, 0.4) is 0 Å². The van der Waals surface area contributed by atoms with Crippen molar-refractivity contribution in [3.05, 3.63) is 33.9 Å². The maximum Gasteiger partial charge on any atom is 0.434 e. The summed E-state index contributed by atoms with van der Waals surface area (Å²) in [7, 11) is 0. The Balaban J connectivity index is 2.45. The van der Waals surface area contributed by atoms with Gasteiger partial charge in [0.1, 0.15) is 5.82 Å². The largest absolute Gasteiger partial charge is 0.434 e. The fourth-order valence-corrected chi connectivity index (χ4v) is 1.98. The maximum absolute atomic E-state index is 12.4. The van der Waals surface area contributed by atoms with Gasteiger partial charge in [-0.2, -0.15) is 13.2 Å². The monoisotopic (exact) mass is 339 g/mol. The molecule has 0 aliphatic carbocycles. The van der Waals surface area contributed by atoms with E-state index in [1.165, 1.54) is 12.3 Å². The average Bonchev–Trinajstić information content (AvgIpc) is 2.68. The van der Waals surface area contributed by atoms with E-state index in [-0.39, 0.29) is 3.57 Å². The highest BCUT2D eigenvalue weighted by Crippen LogP contribution is 2.32. The summed E-state index contributed by atoms with van der Waals surface area (Å²) >= 11 is 1.61. The van der Waals surface area contributed by atoms with Crippen molar-refractivity contribution in [2.24, 2.45) is 0 Å². The maximum atomic E-state index is 12.4. The van der Waals surface area contributed by atoms with Crippen LogP contribution in [0.4, 0.5) is 13.2 Å². The minimum atomic E-state index is -4.42. The highest BCUT2D eigenvalue weighted by Gasteiger charge is 2.34. The van der Waals surface area contributed by atoms with Gasteiger partial charge in [0.25, 0.3) is 0 Å². The van der Waals surface area contributed by atoms with Crippen LogP contribution in [0.5, 0.6) is 0 Å². The zero-order valence-corrected chi connectivity index (χ0v) is 9.87. The third-order valence-corrected chi connectivity index (χ3v) is 2.70. The second-order valence-corrected chi connectivity index (χ2v) is 4.15. The molecular weight excluding hydrogens is 334 g/mol. The zero-order chi connectivity index (χ0) is 11.8. The van der Waals surface area contributed by atoms with Crippen LogP contribution in [0.1, 0.15) is 5.69 Å². The summed E-state index contributed by atoms with van der Waals surface area (Å²) in [6, 6.07) is 1.40. The number of alkyl halides is 3. The lowest BCUT2D eigenvalue weighted by atomic mass is 10.2. The molecule has 7 heteroatoms. The first-order chi connectivity index (χ1) is 7.48. The number of nitrogens with one attached hydrogen (secondary N) is 1. The Kier molecular flexibility index (Phi) is 2.87. The molecule has 3 nitrogen and oxygen atoms in total. The van der Waals surface area contributed by atoms with E-state index in [1.54, 1.807) is 28.8 Å². The van der Waals surface area contributed by atoms with Crippen molar-refractivity contribution in [2.75, 3.05) is 0 Å². The van der Waals surface area contributed by atoms with Gasteiger partial charge < -0.3 is 4.98 Å². The Hall–Kier alpha value is -1.12. The summed E-state index contributed by atoms with van der Waals surface area (Å²) in [6.07, 6.45) is -0.137. The van der Waals surface area contributed by atoms with Gasteiger partial charge in [-0.25, -0.2) is 9.97 Å². The number of pyridine rings is 1. The summed E-state index contributed by atoms with van der Waals surface area (Å²) in [5.41, 5.74) is -0.342. The number of hydrogen-bond acceptors (Lipinski definition) is 2. The molecule has 0 aliphatic heterocycles. The van der Waals surface area contributed by atoms with Crippen molar-refractivity contribution in [1.82, 2.24) is 15.0 Å². The van der Waals surface area contributed by atoms with Crippen LogP contribution < -0.4 is 0 Å². The summed E-state index contributed by atoms with van der Waals surface area (Å²) in [6.45, 7) is 0. The third-order valence-electron chi connectivity index (χ3n) is 1.88. The van der Waals surface area contributed by atoms with Gasteiger partial charge in [-0.05, 0) is 28.7 Å². The Morgan fingerprint density at radius 1 is 1.25 bits per heavy atom. The van der Waals surface area contributed by atoms with Crippen LogP contribution in [0.15, 0.2) is 24.7 Å². The van der Waals surface area contributed by atoms with Crippen LogP contribution in [0.25, 0.3) is 11.4 Å². The van der Waals surface area contributed by atoms with Gasteiger partial charge in [-0.1, -0.05) is 0 Å². The third kappa shape index (κ3) is 2.18. The molecule has 0 fully saturated rings. The summed E-state index contributed by atoms with van der Waals surface area (Å²) in [5.74, 6) is 0.499. The number of aromatic amines is 1. The predicted molar refractivity (Wildman–Crippen MR) is 59.5 cm³/mol. The first-order valence-electron chi connectivity index (χ1n) is 4.21. The first-order valence-corrected chi connectivity index (χ1v) is 5.29. The Bertz CT molecular complexity index is 493. The van der Waals surface area contributed by atoms with E-state index in [4.69, 9.17) is 0 Å². The predicted octanol–water partition coefficient (Wildman–Crippen LogP) is 3.10. The molecule has 84 valence electrons. The summed E-state index contributed by atoms with van der Waals surface area (Å²) in [4.78, 5) is 10.2. The number of imidazole rings is 1. The number of hydrogen-bond donors (Lipinski definition) is 1. The van der Waals surface area contributed by atoms with Crippen LogP contribution in [0.2, 0.25) is 0 Å². The quantitative estimate of drug-likeness (QED) is 0.812. The Morgan fingerprint density at radius 3 is 2.50 bits per heavy atom. The molecule has 0 unspecified atom stereocenters. The zero-order valence-electron chi connectivity index (χ0n) is 7.72. The van der Waals surface area contributed by atoms with E-state index >= 15 is 0 Å². The topological polar surface area (TPSA) is 41.6 Å². The highest BCUT2D eigenvalue weighted by atomic mass is 127. The minimum absolute atomic E-state index is 0.0546. The fraction of sp³-hybridized carbons (Fsp3) is 0.111. The second-order valence-electron chi connectivity index (χ2n) is 2.99. The van der Waals surface area contributed by atoms with Crippen molar-refractivity contribution in [2.45, 2.75) is 6.18 Å². The Labute approximate surface area is 102 Å². The van der Waals surface area contributed by atoms with Gasteiger partial charge in [0.15, 0.2) is 5.69 Å². The normalized spacial score (nSPS) is 11.8. The number of aromatic nitrogens is 3. The molecule has 16 heavy (non-hydrogen) atoms. The van der Waals surface area contributed by atoms with E-state index in [9.17, 15) is 13.2 Å². The molecule has 0 saturated carbocycles. The van der Waals surface area contributed by atoms with Gasteiger partial charge >= 0.3 is 6.18 Å². The number of H-pyrrole nitrogens is 1. The first kappa shape index (κ1) is 11.4. The molecule has 0 spiro atoms. The van der Waals surface area contributed by atoms with E-state index in [2.05, 4.69) is 15.0 Å². The standard InChI is InChI=1S/C9H5F3IN3/c10-9(11,12)7-6(13)3-5(4-16-7)8-14-1-2-15-8/h1-4H,(H,14,15). The van der Waals surface area contributed by atoms with Crippen molar-refractivity contribution < 1.29 is 13.2 Å². The number of halogens is 4. The Morgan fingerprint density at radius 2 is 2.00 bits per heavy atom. The van der Waals surface area contributed by atoms with Crippen LogP contribution >= 0.6 is 22.6 Å². The van der Waals surface area contributed by atoms with Crippen LogP contribution in [-0.2, 0) is 6.18 Å². The summed E-state index contributed by atoms with van der Waals surface area (Å²) < 4.78 is 37.4. The lowest BCUT2D eigenvalue weighted by Crippen LogP contribution is -2.10. The fourth-order valence-electron chi connectivity index (χ4n) is 1.20. The molecule has 2 aromatic heterocycles. The molecule has 0 bridgehead atoms. The molecule has 0 amide bonds. The smallest absolute Gasteiger partial charge is 0.345 e. The van der Waals surface area contributed by atoms with E-state index < -0.39 is 11.9 Å². The second kappa shape index (κ2) is 4.04. The highest BCUT2D eigenvalue weighted by molar-refractivity contribution is 14.1. The molecule has 2 aromatic rings. The molecule has 2 heterocycles. The van der Waals surface area contributed by atoms with Gasteiger partial charge in [0, 0.05) is 27.7 Å². The molecule has 0 saturated heterocycles. The molecule has 0 atom stereocenters. The molecule has 0 aliphatic rings. The summed E-state index contributed by atoms with van der Waals surface area (Å²) in [5, 5.41) is 0. The van der Waals surface area contributed by atoms with Gasteiger partial charge in [0.05, 0.1) is 0 Å². The molecular formula is C9H5F3IN3. The minimum Gasteiger partial charge on any atom is -0.345 e. The lowest BCUT2D eigenvalue weighted by Gasteiger charge is -2.08. The number of nitrogens with zero attached hydrogens (tertiary/aromatic N) is 2. The van der Waals surface area contributed by atoms with Crippen LogP contribution in [-0.4, -0.2) is 15.0 Å². The molecule has 1 N–H and O–H groups in total. The van der Waals surface area contributed by atoms with E-state index in [0.717, 1.165) is 6.20 Å². The van der Waals surface area contributed by atoms with Crippen molar-refractivity contribution >= 4 is 22.6 Å². The SMILES string of the molecule is FC(F)(F)c1ncc(-c2ncc[nH]2)cc1I.